The Hall–Kier alpha value is -1.89. The van der Waals surface area contributed by atoms with Gasteiger partial charge in [0.1, 0.15) is 0 Å². The molecule has 0 bridgehead atoms. The Labute approximate surface area is 157 Å². The lowest BCUT2D eigenvalue weighted by molar-refractivity contribution is -0.132. The summed E-state index contributed by atoms with van der Waals surface area (Å²) in [7, 11) is 0. The monoisotopic (exact) mass is 372 g/mol. The molecule has 2 aliphatic rings. The highest BCUT2D eigenvalue weighted by molar-refractivity contribution is 7.99. The van der Waals surface area contributed by atoms with Gasteiger partial charge in [0, 0.05) is 30.0 Å². The summed E-state index contributed by atoms with van der Waals surface area (Å²) in [4.78, 5) is 19.0. The Kier molecular flexibility index (Phi) is 5.24. The van der Waals surface area contributed by atoms with Gasteiger partial charge in [-0.3, -0.25) is 9.78 Å². The number of aromatic nitrogens is 3. The van der Waals surface area contributed by atoms with Gasteiger partial charge >= 0.3 is 0 Å². The maximum Gasteiger partial charge on any atom is 0.277 e. The van der Waals surface area contributed by atoms with Crippen molar-refractivity contribution >= 4 is 17.7 Å². The number of pyridine rings is 1. The zero-order valence-corrected chi connectivity index (χ0v) is 15.8. The van der Waals surface area contributed by atoms with Crippen LogP contribution < -0.4 is 0 Å². The number of amides is 1. The SMILES string of the molecule is CC1CCC(N(C(=O)CSc2nnc(-c3ccncc3)o2)C2CC2)CC1. The molecule has 2 aliphatic carbocycles. The minimum absolute atomic E-state index is 0.209. The Balaban J connectivity index is 1.36. The van der Waals surface area contributed by atoms with Crippen molar-refractivity contribution in [1.82, 2.24) is 20.1 Å². The molecule has 6 nitrogen and oxygen atoms in total. The summed E-state index contributed by atoms with van der Waals surface area (Å²) in [6, 6.07) is 4.52. The average molecular weight is 372 g/mol. The predicted octanol–water partition coefficient (Wildman–Crippen LogP) is 3.79. The van der Waals surface area contributed by atoms with Gasteiger partial charge in [-0.2, -0.15) is 0 Å². The van der Waals surface area contributed by atoms with Crippen LogP contribution in [-0.2, 0) is 4.79 Å². The first-order valence-corrected chi connectivity index (χ1v) is 10.4. The Morgan fingerprint density at radius 2 is 1.77 bits per heavy atom. The third-order valence-corrected chi connectivity index (χ3v) is 6.06. The third-order valence-electron chi connectivity index (χ3n) is 5.26. The summed E-state index contributed by atoms with van der Waals surface area (Å²) >= 11 is 1.33. The molecule has 2 fully saturated rings. The maximum atomic E-state index is 12.9. The summed E-state index contributed by atoms with van der Waals surface area (Å²) in [6.45, 7) is 2.31. The number of hydrogen-bond acceptors (Lipinski definition) is 6. The van der Waals surface area contributed by atoms with Gasteiger partial charge in [0.25, 0.3) is 5.22 Å². The first-order chi connectivity index (χ1) is 12.7. The molecule has 4 rings (SSSR count). The molecule has 1 amide bonds. The lowest BCUT2D eigenvalue weighted by Gasteiger charge is -2.36. The van der Waals surface area contributed by atoms with E-state index < -0.39 is 0 Å². The van der Waals surface area contributed by atoms with Gasteiger partial charge in [-0.05, 0) is 56.6 Å². The molecule has 138 valence electrons. The van der Waals surface area contributed by atoms with Crippen LogP contribution in [0, 0.1) is 5.92 Å². The number of carbonyl (C=O) groups excluding carboxylic acids is 1. The van der Waals surface area contributed by atoms with Crippen LogP contribution in [0.3, 0.4) is 0 Å². The van der Waals surface area contributed by atoms with E-state index in [1.54, 1.807) is 12.4 Å². The molecule has 2 aromatic heterocycles. The molecule has 0 aliphatic heterocycles. The minimum Gasteiger partial charge on any atom is -0.411 e. The topological polar surface area (TPSA) is 72.1 Å². The van der Waals surface area contributed by atoms with E-state index in [0.717, 1.165) is 37.2 Å². The van der Waals surface area contributed by atoms with Crippen molar-refractivity contribution in [3.63, 3.8) is 0 Å². The zero-order valence-electron chi connectivity index (χ0n) is 15.0. The quantitative estimate of drug-likeness (QED) is 0.718. The zero-order chi connectivity index (χ0) is 17.9. The van der Waals surface area contributed by atoms with Crippen LogP contribution in [0.25, 0.3) is 11.5 Å². The standard InChI is InChI=1S/C19H24N4O2S/c1-13-2-4-15(5-3-13)23(16-6-7-16)17(24)12-26-19-22-21-18(25-19)14-8-10-20-11-9-14/h8-11,13,15-16H,2-7,12H2,1H3. The van der Waals surface area contributed by atoms with Crippen molar-refractivity contribution in [1.29, 1.82) is 0 Å². The molecule has 26 heavy (non-hydrogen) atoms. The summed E-state index contributed by atoms with van der Waals surface area (Å²) < 4.78 is 5.68. The number of nitrogens with zero attached hydrogens (tertiary/aromatic N) is 4. The fourth-order valence-corrected chi connectivity index (χ4v) is 4.29. The Morgan fingerprint density at radius 1 is 1.12 bits per heavy atom. The van der Waals surface area contributed by atoms with Gasteiger partial charge in [-0.25, -0.2) is 0 Å². The fraction of sp³-hybridized carbons (Fsp3) is 0.579. The van der Waals surface area contributed by atoms with Gasteiger partial charge in [0.05, 0.1) is 5.75 Å². The van der Waals surface area contributed by atoms with E-state index in [0.29, 0.717) is 29.0 Å². The highest BCUT2D eigenvalue weighted by Crippen LogP contribution is 2.36. The van der Waals surface area contributed by atoms with E-state index in [4.69, 9.17) is 4.42 Å². The second-order valence-corrected chi connectivity index (χ2v) is 8.27. The summed E-state index contributed by atoms with van der Waals surface area (Å²) in [5.74, 6) is 1.82. The normalized spacial score (nSPS) is 23.0. The smallest absolute Gasteiger partial charge is 0.277 e. The molecule has 2 aromatic rings. The van der Waals surface area contributed by atoms with Crippen LogP contribution in [0.4, 0.5) is 0 Å². The van der Waals surface area contributed by atoms with E-state index in [-0.39, 0.29) is 5.91 Å². The molecule has 0 radical (unpaired) electrons. The first-order valence-electron chi connectivity index (χ1n) is 9.38. The lowest BCUT2D eigenvalue weighted by atomic mass is 9.86. The number of rotatable bonds is 6. The number of thioether (sulfide) groups is 1. The van der Waals surface area contributed by atoms with Crippen molar-refractivity contribution in [2.24, 2.45) is 5.92 Å². The average Bonchev–Trinajstić information content (AvgIpc) is 3.38. The van der Waals surface area contributed by atoms with Crippen LogP contribution in [0.15, 0.2) is 34.2 Å². The molecule has 0 spiro atoms. The molecule has 0 saturated heterocycles. The van der Waals surface area contributed by atoms with Gasteiger partial charge in [-0.1, -0.05) is 18.7 Å². The van der Waals surface area contributed by atoms with Gasteiger partial charge in [0.2, 0.25) is 11.8 Å². The van der Waals surface area contributed by atoms with Crippen molar-refractivity contribution in [2.75, 3.05) is 5.75 Å². The van der Waals surface area contributed by atoms with Crippen LogP contribution in [0.2, 0.25) is 0 Å². The van der Waals surface area contributed by atoms with Gasteiger partial charge in [0.15, 0.2) is 0 Å². The number of hydrogen-bond donors (Lipinski definition) is 0. The van der Waals surface area contributed by atoms with E-state index in [2.05, 4.69) is 27.0 Å². The lowest BCUT2D eigenvalue weighted by Crippen LogP contribution is -2.44. The second-order valence-electron chi connectivity index (χ2n) is 7.34. The molecule has 2 saturated carbocycles. The Morgan fingerprint density at radius 3 is 2.42 bits per heavy atom. The number of carbonyl (C=O) groups is 1. The van der Waals surface area contributed by atoms with E-state index in [9.17, 15) is 4.79 Å². The van der Waals surface area contributed by atoms with Crippen molar-refractivity contribution in [2.45, 2.75) is 62.8 Å². The summed E-state index contributed by atoms with van der Waals surface area (Å²) in [5, 5.41) is 8.57. The first kappa shape index (κ1) is 17.5. The molecule has 2 heterocycles. The van der Waals surface area contributed by atoms with Crippen molar-refractivity contribution < 1.29 is 9.21 Å². The van der Waals surface area contributed by atoms with Crippen molar-refractivity contribution in [3.05, 3.63) is 24.5 Å². The second kappa shape index (κ2) is 7.78. The molecule has 7 heteroatoms. The van der Waals surface area contributed by atoms with Crippen LogP contribution in [0.5, 0.6) is 0 Å². The molecule has 0 N–H and O–H groups in total. The third kappa shape index (κ3) is 4.09. The predicted molar refractivity (Wildman–Crippen MR) is 99.5 cm³/mol. The van der Waals surface area contributed by atoms with Crippen molar-refractivity contribution in [3.8, 4) is 11.5 Å². The molecular weight excluding hydrogens is 348 g/mol. The van der Waals surface area contributed by atoms with Crippen LogP contribution >= 0.6 is 11.8 Å². The van der Waals surface area contributed by atoms with Crippen LogP contribution in [-0.4, -0.2) is 43.8 Å². The Bertz CT molecular complexity index is 739. The van der Waals surface area contributed by atoms with E-state index in [1.165, 1.54) is 24.6 Å². The maximum absolute atomic E-state index is 12.9. The molecule has 0 unspecified atom stereocenters. The van der Waals surface area contributed by atoms with E-state index in [1.807, 2.05) is 12.1 Å². The summed E-state index contributed by atoms with van der Waals surface area (Å²) in [5.41, 5.74) is 0.835. The molecule has 0 aromatic carbocycles. The van der Waals surface area contributed by atoms with E-state index >= 15 is 0 Å². The highest BCUT2D eigenvalue weighted by atomic mass is 32.2. The largest absolute Gasteiger partial charge is 0.411 e. The molecule has 0 atom stereocenters. The summed E-state index contributed by atoms with van der Waals surface area (Å²) in [6.07, 6.45) is 10.4. The minimum atomic E-state index is 0.209. The molecular formula is C19H24N4O2S. The highest BCUT2D eigenvalue weighted by Gasteiger charge is 2.38. The fourth-order valence-electron chi connectivity index (χ4n) is 3.66. The van der Waals surface area contributed by atoms with Gasteiger partial charge in [-0.15, -0.1) is 10.2 Å². The van der Waals surface area contributed by atoms with Crippen LogP contribution in [0.1, 0.15) is 45.4 Å². The van der Waals surface area contributed by atoms with Gasteiger partial charge < -0.3 is 9.32 Å².